The lowest BCUT2D eigenvalue weighted by Crippen LogP contribution is -2.31. The van der Waals surface area contributed by atoms with Gasteiger partial charge in [-0.25, -0.2) is 0 Å². The molecule has 1 fully saturated rings. The van der Waals surface area contributed by atoms with Crippen LogP contribution in [0.15, 0.2) is 24.3 Å². The zero-order valence-electron chi connectivity index (χ0n) is 12.0. The van der Waals surface area contributed by atoms with Crippen LogP contribution in [0.25, 0.3) is 0 Å². The molecule has 19 heavy (non-hydrogen) atoms. The molecule has 1 aromatic carbocycles. The van der Waals surface area contributed by atoms with E-state index in [1.165, 1.54) is 36.8 Å². The van der Waals surface area contributed by atoms with Crippen molar-refractivity contribution >= 4 is 0 Å². The summed E-state index contributed by atoms with van der Waals surface area (Å²) in [6.07, 6.45) is 5.03. The van der Waals surface area contributed by atoms with Gasteiger partial charge in [-0.3, -0.25) is 0 Å². The van der Waals surface area contributed by atoms with Gasteiger partial charge in [-0.15, -0.1) is 0 Å². The summed E-state index contributed by atoms with van der Waals surface area (Å²) in [6.45, 7) is 1.33. The molecule has 106 valence electrons. The minimum absolute atomic E-state index is 0.0106. The number of hydrogen-bond donors (Lipinski definition) is 1. The van der Waals surface area contributed by atoms with Gasteiger partial charge in [-0.1, -0.05) is 37.1 Å². The Balaban J connectivity index is 2.17. The first kappa shape index (κ1) is 14.5. The number of hydrogen-bond acceptors (Lipinski definition) is 3. The molecule has 1 aromatic rings. The molecule has 0 aliphatic heterocycles. The van der Waals surface area contributed by atoms with E-state index in [0.29, 0.717) is 6.61 Å². The normalized spacial score (nSPS) is 19.5. The second-order valence-electron chi connectivity index (χ2n) is 5.49. The van der Waals surface area contributed by atoms with Crippen LogP contribution in [-0.4, -0.2) is 27.4 Å². The zero-order valence-corrected chi connectivity index (χ0v) is 12.0. The van der Waals surface area contributed by atoms with E-state index in [1.807, 2.05) is 0 Å². The van der Waals surface area contributed by atoms with Crippen LogP contribution in [-0.2, 0) is 14.9 Å². The quantitative estimate of drug-likeness (QED) is 0.858. The van der Waals surface area contributed by atoms with E-state index in [9.17, 15) is 0 Å². The fraction of sp³-hybridized carbons (Fsp3) is 0.625. The molecule has 3 heteroatoms. The summed E-state index contributed by atoms with van der Waals surface area (Å²) in [7, 11) is 3.41. The number of benzene rings is 1. The third-order valence-corrected chi connectivity index (χ3v) is 4.45. The largest absolute Gasteiger partial charge is 0.382 e. The summed E-state index contributed by atoms with van der Waals surface area (Å²) in [5.41, 5.74) is 8.78. The third kappa shape index (κ3) is 2.99. The zero-order chi connectivity index (χ0) is 13.7. The van der Waals surface area contributed by atoms with E-state index in [-0.39, 0.29) is 11.5 Å². The molecule has 0 amide bonds. The van der Waals surface area contributed by atoms with Crippen molar-refractivity contribution < 1.29 is 9.47 Å². The molecule has 0 heterocycles. The Bertz CT molecular complexity index is 382. The maximum absolute atomic E-state index is 6.03. The number of methoxy groups -OCH3 is 2. The van der Waals surface area contributed by atoms with Crippen molar-refractivity contribution in [1.82, 2.24) is 0 Å². The highest BCUT2D eigenvalue weighted by atomic mass is 16.5. The second kappa shape index (κ2) is 6.51. The van der Waals surface area contributed by atoms with Crippen LogP contribution < -0.4 is 5.73 Å². The van der Waals surface area contributed by atoms with E-state index < -0.39 is 0 Å². The van der Waals surface area contributed by atoms with Gasteiger partial charge in [0.1, 0.15) is 6.10 Å². The van der Waals surface area contributed by atoms with Crippen LogP contribution in [0.2, 0.25) is 0 Å². The lowest BCUT2D eigenvalue weighted by atomic mass is 9.78. The highest BCUT2D eigenvalue weighted by Gasteiger charge is 2.34. The Morgan fingerprint density at radius 1 is 1.16 bits per heavy atom. The Kier molecular flexibility index (Phi) is 4.97. The molecule has 1 atom stereocenters. The molecule has 0 saturated heterocycles. The molecule has 0 aromatic heterocycles. The average Bonchev–Trinajstić information content (AvgIpc) is 2.95. The van der Waals surface area contributed by atoms with Crippen molar-refractivity contribution in [3.8, 4) is 0 Å². The lowest BCUT2D eigenvalue weighted by Gasteiger charge is -2.28. The molecule has 2 rings (SSSR count). The SMILES string of the molecule is COCC(OC)c1ccc(C2(CN)CCCC2)cc1. The number of ether oxygens (including phenoxy) is 2. The van der Waals surface area contributed by atoms with Gasteiger partial charge in [0.05, 0.1) is 6.61 Å². The third-order valence-electron chi connectivity index (χ3n) is 4.45. The molecular weight excluding hydrogens is 238 g/mol. The highest BCUT2D eigenvalue weighted by molar-refractivity contribution is 5.31. The van der Waals surface area contributed by atoms with Gasteiger partial charge >= 0.3 is 0 Å². The van der Waals surface area contributed by atoms with Crippen LogP contribution in [0.3, 0.4) is 0 Å². The van der Waals surface area contributed by atoms with Crippen molar-refractivity contribution in [2.45, 2.75) is 37.2 Å². The number of rotatable bonds is 6. The summed E-state index contributed by atoms with van der Waals surface area (Å²) < 4.78 is 10.6. The predicted molar refractivity (Wildman–Crippen MR) is 77.3 cm³/mol. The van der Waals surface area contributed by atoms with Crippen molar-refractivity contribution in [2.75, 3.05) is 27.4 Å². The van der Waals surface area contributed by atoms with Crippen LogP contribution in [0.5, 0.6) is 0 Å². The summed E-state index contributed by atoms with van der Waals surface area (Å²) in [6, 6.07) is 8.74. The topological polar surface area (TPSA) is 44.5 Å². The smallest absolute Gasteiger partial charge is 0.105 e. The summed E-state index contributed by atoms with van der Waals surface area (Å²) in [5, 5.41) is 0. The van der Waals surface area contributed by atoms with Gasteiger partial charge in [0.15, 0.2) is 0 Å². The minimum Gasteiger partial charge on any atom is -0.382 e. The van der Waals surface area contributed by atoms with Gasteiger partial charge in [0.25, 0.3) is 0 Å². The fourth-order valence-electron chi connectivity index (χ4n) is 3.17. The molecule has 0 radical (unpaired) electrons. The monoisotopic (exact) mass is 263 g/mol. The summed E-state index contributed by atoms with van der Waals surface area (Å²) in [5.74, 6) is 0. The van der Waals surface area contributed by atoms with Crippen LogP contribution in [0.4, 0.5) is 0 Å². The van der Waals surface area contributed by atoms with E-state index in [1.54, 1.807) is 14.2 Å². The van der Waals surface area contributed by atoms with Crippen LogP contribution >= 0.6 is 0 Å². The molecule has 0 bridgehead atoms. The number of nitrogens with two attached hydrogens (primary N) is 1. The lowest BCUT2D eigenvalue weighted by molar-refractivity contribution is 0.0274. The molecule has 3 nitrogen and oxygen atoms in total. The van der Waals surface area contributed by atoms with Crippen molar-refractivity contribution in [1.29, 1.82) is 0 Å². The Morgan fingerprint density at radius 3 is 2.26 bits per heavy atom. The Hall–Kier alpha value is -0.900. The maximum atomic E-state index is 6.03. The first-order chi connectivity index (χ1) is 9.25. The highest BCUT2D eigenvalue weighted by Crippen LogP contribution is 2.40. The fourth-order valence-corrected chi connectivity index (χ4v) is 3.17. The molecule has 0 spiro atoms. The van der Waals surface area contributed by atoms with Crippen LogP contribution in [0.1, 0.15) is 42.9 Å². The van der Waals surface area contributed by atoms with Crippen molar-refractivity contribution in [2.24, 2.45) is 5.73 Å². The average molecular weight is 263 g/mol. The molecule has 1 saturated carbocycles. The van der Waals surface area contributed by atoms with E-state index >= 15 is 0 Å². The van der Waals surface area contributed by atoms with E-state index in [0.717, 1.165) is 6.54 Å². The van der Waals surface area contributed by atoms with Gasteiger partial charge in [0.2, 0.25) is 0 Å². The van der Waals surface area contributed by atoms with Gasteiger partial charge in [-0.05, 0) is 24.0 Å². The predicted octanol–water partition coefficient (Wildman–Crippen LogP) is 2.79. The van der Waals surface area contributed by atoms with Crippen molar-refractivity contribution in [3.05, 3.63) is 35.4 Å². The maximum Gasteiger partial charge on any atom is 0.105 e. The Labute approximate surface area is 116 Å². The molecular formula is C16H25NO2. The Morgan fingerprint density at radius 2 is 1.79 bits per heavy atom. The first-order valence-electron chi connectivity index (χ1n) is 7.08. The van der Waals surface area contributed by atoms with Gasteiger partial charge in [-0.2, -0.15) is 0 Å². The molecule has 2 N–H and O–H groups in total. The van der Waals surface area contributed by atoms with Crippen molar-refractivity contribution in [3.63, 3.8) is 0 Å². The van der Waals surface area contributed by atoms with E-state index in [2.05, 4.69) is 24.3 Å². The first-order valence-corrected chi connectivity index (χ1v) is 7.08. The molecule has 1 aliphatic rings. The summed E-state index contributed by atoms with van der Waals surface area (Å²) in [4.78, 5) is 0. The molecule has 1 unspecified atom stereocenters. The minimum atomic E-state index is 0.0106. The second-order valence-corrected chi connectivity index (χ2v) is 5.49. The van der Waals surface area contributed by atoms with Gasteiger partial charge in [0, 0.05) is 26.2 Å². The standard InChI is InChI=1S/C16H25NO2/c1-18-11-15(19-2)13-5-7-14(8-6-13)16(12-17)9-3-4-10-16/h5-8,15H,3-4,9-12,17H2,1-2H3. The summed E-state index contributed by atoms with van der Waals surface area (Å²) >= 11 is 0. The van der Waals surface area contributed by atoms with Gasteiger partial charge < -0.3 is 15.2 Å². The molecule has 1 aliphatic carbocycles. The van der Waals surface area contributed by atoms with E-state index in [4.69, 9.17) is 15.2 Å². The van der Waals surface area contributed by atoms with Crippen LogP contribution in [0, 0.1) is 0 Å².